The van der Waals surface area contributed by atoms with Crippen molar-refractivity contribution >= 4 is 21.8 Å². The van der Waals surface area contributed by atoms with Crippen molar-refractivity contribution in [3.05, 3.63) is 24.0 Å². The number of hydrogen-bond donors (Lipinski definition) is 1. The number of nitrogens with one attached hydrogen (secondary N) is 1. The molecule has 5 nitrogen and oxygen atoms in total. The Morgan fingerprint density at radius 3 is 2.90 bits per heavy atom. The molecule has 2 unspecified atom stereocenters. The zero-order valence-corrected chi connectivity index (χ0v) is 12.9. The van der Waals surface area contributed by atoms with Crippen molar-refractivity contribution < 1.29 is 8.42 Å². The molecule has 0 aliphatic heterocycles. The first-order valence-corrected chi connectivity index (χ1v) is 9.10. The van der Waals surface area contributed by atoms with E-state index in [1.165, 1.54) is 18.3 Å². The summed E-state index contributed by atoms with van der Waals surface area (Å²) in [6.07, 6.45) is 4.21. The van der Waals surface area contributed by atoms with Crippen molar-refractivity contribution in [2.75, 3.05) is 5.75 Å². The van der Waals surface area contributed by atoms with Crippen molar-refractivity contribution in [1.29, 1.82) is 5.26 Å². The molecule has 20 heavy (non-hydrogen) atoms. The van der Waals surface area contributed by atoms with E-state index in [4.69, 9.17) is 5.26 Å². The van der Waals surface area contributed by atoms with Gasteiger partial charge in [0.25, 0.3) is 0 Å². The van der Waals surface area contributed by atoms with Crippen LogP contribution in [0.25, 0.3) is 0 Å². The van der Waals surface area contributed by atoms with Crippen molar-refractivity contribution in [1.82, 2.24) is 9.71 Å². The van der Waals surface area contributed by atoms with E-state index in [0.717, 1.165) is 25.0 Å². The minimum absolute atomic E-state index is 0.0133. The number of rotatable bonds is 5. The molecule has 1 fully saturated rings. The van der Waals surface area contributed by atoms with Crippen molar-refractivity contribution in [2.24, 2.45) is 0 Å². The van der Waals surface area contributed by atoms with Crippen LogP contribution < -0.4 is 4.72 Å². The Labute approximate surface area is 123 Å². The maximum atomic E-state index is 12.3. The van der Waals surface area contributed by atoms with Crippen LogP contribution in [-0.4, -0.2) is 30.4 Å². The highest BCUT2D eigenvalue weighted by atomic mass is 32.2. The lowest BCUT2D eigenvalue weighted by Gasteiger charge is -2.19. The van der Waals surface area contributed by atoms with Crippen LogP contribution in [-0.2, 0) is 10.0 Å². The SMILES string of the molecule is CCSC1CCCC1NS(=O)(=O)c1ccc(C#N)nc1. The van der Waals surface area contributed by atoms with Gasteiger partial charge in [-0.3, -0.25) is 0 Å². The summed E-state index contributed by atoms with van der Waals surface area (Å²) in [7, 11) is -3.56. The van der Waals surface area contributed by atoms with Gasteiger partial charge in [0.2, 0.25) is 10.0 Å². The molecule has 1 saturated carbocycles. The quantitative estimate of drug-likeness (QED) is 0.898. The minimum atomic E-state index is -3.56. The van der Waals surface area contributed by atoms with Gasteiger partial charge >= 0.3 is 0 Å². The van der Waals surface area contributed by atoms with Gasteiger partial charge in [0.1, 0.15) is 16.7 Å². The van der Waals surface area contributed by atoms with E-state index in [1.54, 1.807) is 11.8 Å². The Morgan fingerprint density at radius 2 is 2.30 bits per heavy atom. The highest BCUT2D eigenvalue weighted by molar-refractivity contribution is 8.00. The van der Waals surface area contributed by atoms with Crippen molar-refractivity contribution in [3.63, 3.8) is 0 Å². The third-order valence-electron chi connectivity index (χ3n) is 3.30. The van der Waals surface area contributed by atoms with Crippen molar-refractivity contribution in [3.8, 4) is 6.07 Å². The van der Waals surface area contributed by atoms with E-state index in [2.05, 4.69) is 16.6 Å². The molecule has 0 bridgehead atoms. The molecule has 1 aliphatic rings. The fourth-order valence-electron chi connectivity index (χ4n) is 2.35. The normalized spacial score (nSPS) is 22.6. The highest BCUT2D eigenvalue weighted by Gasteiger charge is 2.31. The third-order valence-corrected chi connectivity index (χ3v) is 6.10. The van der Waals surface area contributed by atoms with E-state index < -0.39 is 10.0 Å². The Morgan fingerprint density at radius 1 is 1.50 bits per heavy atom. The van der Waals surface area contributed by atoms with Gasteiger partial charge in [-0.05, 0) is 30.7 Å². The molecule has 1 aromatic rings. The van der Waals surface area contributed by atoms with Gasteiger partial charge in [-0.25, -0.2) is 18.1 Å². The summed E-state index contributed by atoms with van der Waals surface area (Å²) in [5.41, 5.74) is 0.212. The van der Waals surface area contributed by atoms with Crippen LogP contribution >= 0.6 is 11.8 Å². The van der Waals surface area contributed by atoms with Crippen LogP contribution in [0.3, 0.4) is 0 Å². The van der Waals surface area contributed by atoms with Crippen molar-refractivity contribution in [2.45, 2.75) is 42.4 Å². The van der Waals surface area contributed by atoms with Crippen LogP contribution in [0.5, 0.6) is 0 Å². The lowest BCUT2D eigenvalue weighted by Crippen LogP contribution is -2.38. The van der Waals surface area contributed by atoms with E-state index in [1.807, 2.05) is 6.07 Å². The molecule has 0 radical (unpaired) electrons. The standard InChI is InChI=1S/C13H17N3O2S2/c1-2-19-13-5-3-4-12(13)16-20(17,18)11-7-6-10(8-14)15-9-11/h6-7,9,12-13,16H,2-5H2,1H3. The number of pyridine rings is 1. The lowest BCUT2D eigenvalue weighted by molar-refractivity contribution is 0.554. The first-order chi connectivity index (χ1) is 9.56. The highest BCUT2D eigenvalue weighted by Crippen LogP contribution is 2.30. The summed E-state index contributed by atoms with van der Waals surface area (Å²) in [6.45, 7) is 2.08. The van der Waals surface area contributed by atoms with Crippen LogP contribution in [0.15, 0.2) is 23.2 Å². The molecular formula is C13H17N3O2S2. The first-order valence-electron chi connectivity index (χ1n) is 6.57. The molecule has 1 N–H and O–H groups in total. The lowest BCUT2D eigenvalue weighted by atomic mass is 10.3. The topological polar surface area (TPSA) is 82.9 Å². The van der Waals surface area contributed by atoms with E-state index >= 15 is 0 Å². The molecule has 0 amide bonds. The number of sulfonamides is 1. The monoisotopic (exact) mass is 311 g/mol. The molecule has 1 heterocycles. The molecular weight excluding hydrogens is 294 g/mol. The number of hydrogen-bond acceptors (Lipinski definition) is 5. The zero-order valence-electron chi connectivity index (χ0n) is 11.2. The molecule has 1 aromatic heterocycles. The molecule has 2 rings (SSSR count). The summed E-state index contributed by atoms with van der Waals surface area (Å²) >= 11 is 1.80. The summed E-state index contributed by atoms with van der Waals surface area (Å²) in [6, 6.07) is 4.70. The Balaban J connectivity index is 2.12. The second kappa shape index (κ2) is 6.57. The molecule has 0 saturated heterocycles. The maximum Gasteiger partial charge on any atom is 0.242 e. The first kappa shape index (κ1) is 15.3. The van der Waals surface area contributed by atoms with Crippen LogP contribution in [0.2, 0.25) is 0 Å². The number of thioether (sulfide) groups is 1. The molecule has 1 aliphatic carbocycles. The van der Waals surface area contributed by atoms with Gasteiger partial charge in [-0.1, -0.05) is 13.3 Å². The van der Waals surface area contributed by atoms with E-state index in [9.17, 15) is 8.42 Å². The maximum absolute atomic E-state index is 12.3. The molecule has 0 spiro atoms. The van der Waals surface area contributed by atoms with Crippen LogP contribution in [0, 0.1) is 11.3 Å². The summed E-state index contributed by atoms with van der Waals surface area (Å²) in [4.78, 5) is 3.92. The molecule has 108 valence electrons. The second-order valence-corrected chi connectivity index (χ2v) is 7.87. The number of aromatic nitrogens is 1. The summed E-state index contributed by atoms with van der Waals surface area (Å²) in [5.74, 6) is 0.987. The fourth-order valence-corrected chi connectivity index (χ4v) is 4.89. The van der Waals surface area contributed by atoms with E-state index in [-0.39, 0.29) is 16.6 Å². The van der Waals surface area contributed by atoms with Gasteiger partial charge in [0, 0.05) is 17.5 Å². The van der Waals surface area contributed by atoms with Crippen LogP contribution in [0.4, 0.5) is 0 Å². The molecule has 2 atom stereocenters. The van der Waals surface area contributed by atoms with Crippen LogP contribution in [0.1, 0.15) is 31.9 Å². The van der Waals surface area contributed by atoms with Gasteiger partial charge in [-0.15, -0.1) is 0 Å². The number of nitrogens with zero attached hydrogens (tertiary/aromatic N) is 2. The minimum Gasteiger partial charge on any atom is -0.244 e. The Kier molecular flexibility index (Phi) is 5.02. The largest absolute Gasteiger partial charge is 0.244 e. The smallest absolute Gasteiger partial charge is 0.242 e. The predicted molar refractivity (Wildman–Crippen MR) is 78.8 cm³/mol. The average molecular weight is 311 g/mol. The van der Waals surface area contributed by atoms with Gasteiger partial charge in [0.15, 0.2) is 0 Å². The predicted octanol–water partition coefficient (Wildman–Crippen LogP) is 1.91. The Bertz CT molecular complexity index is 593. The van der Waals surface area contributed by atoms with Gasteiger partial charge in [-0.2, -0.15) is 17.0 Å². The molecule has 7 heteroatoms. The van der Waals surface area contributed by atoms with E-state index in [0.29, 0.717) is 5.25 Å². The summed E-state index contributed by atoms with van der Waals surface area (Å²) in [5, 5.41) is 9.02. The fraction of sp³-hybridized carbons (Fsp3) is 0.538. The summed E-state index contributed by atoms with van der Waals surface area (Å²) < 4.78 is 27.4. The molecule has 0 aromatic carbocycles. The zero-order chi connectivity index (χ0) is 14.6. The third kappa shape index (κ3) is 3.51. The Hall–Kier alpha value is -1.10. The second-order valence-electron chi connectivity index (χ2n) is 4.64. The van der Waals surface area contributed by atoms with Gasteiger partial charge < -0.3 is 0 Å². The number of nitriles is 1. The van der Waals surface area contributed by atoms with Gasteiger partial charge in [0.05, 0.1) is 0 Å². The average Bonchev–Trinajstić information content (AvgIpc) is 2.86.